The summed E-state index contributed by atoms with van der Waals surface area (Å²) in [6.07, 6.45) is 0. The molecule has 0 bridgehead atoms. The van der Waals surface area contributed by atoms with E-state index < -0.39 is 0 Å². The molecular weight excluding hydrogens is 280 g/mol. The summed E-state index contributed by atoms with van der Waals surface area (Å²) in [5, 5.41) is 10.2. The van der Waals surface area contributed by atoms with Gasteiger partial charge in [-0.05, 0) is 42.0 Å². The molecule has 1 aromatic heterocycles. The van der Waals surface area contributed by atoms with Crippen LogP contribution in [0.15, 0.2) is 84.9 Å². The van der Waals surface area contributed by atoms with Crippen molar-refractivity contribution < 1.29 is 0 Å². The lowest BCUT2D eigenvalue weighted by Crippen LogP contribution is -1.96. The van der Waals surface area contributed by atoms with Crippen molar-refractivity contribution in [1.29, 1.82) is 5.26 Å². The Bertz CT molecular complexity index is 1010. The average Bonchev–Trinajstić information content (AvgIpc) is 3.01. The molecule has 23 heavy (non-hydrogen) atoms. The van der Waals surface area contributed by atoms with Gasteiger partial charge in [-0.1, -0.05) is 48.5 Å². The van der Waals surface area contributed by atoms with Gasteiger partial charge in [-0.25, -0.2) is 0 Å². The quantitative estimate of drug-likeness (QED) is 0.501. The van der Waals surface area contributed by atoms with Crippen LogP contribution in [0.25, 0.3) is 27.8 Å². The van der Waals surface area contributed by atoms with Gasteiger partial charge in [0.2, 0.25) is 0 Å². The Balaban J connectivity index is 2.07. The zero-order valence-corrected chi connectivity index (χ0v) is 12.5. The van der Waals surface area contributed by atoms with Gasteiger partial charge in [0.05, 0.1) is 22.8 Å². The number of nitrogens with zero attached hydrogens (tertiary/aromatic N) is 2. The first-order valence-corrected chi connectivity index (χ1v) is 7.53. The molecule has 4 rings (SSSR count). The van der Waals surface area contributed by atoms with Gasteiger partial charge >= 0.3 is 0 Å². The minimum atomic E-state index is 0.683. The summed E-state index contributed by atoms with van der Waals surface area (Å²) in [5.41, 5.74) is 5.19. The summed E-state index contributed by atoms with van der Waals surface area (Å²) in [6, 6.07) is 30.8. The van der Waals surface area contributed by atoms with Crippen molar-refractivity contribution in [3.63, 3.8) is 0 Å². The minimum absolute atomic E-state index is 0.683. The Labute approximate surface area is 134 Å². The van der Waals surface area contributed by atoms with Crippen molar-refractivity contribution in [2.75, 3.05) is 0 Å². The fourth-order valence-electron chi connectivity index (χ4n) is 2.96. The summed E-state index contributed by atoms with van der Waals surface area (Å²) < 4.78 is 2.24. The Morgan fingerprint density at radius 3 is 2.13 bits per heavy atom. The molecule has 4 aromatic rings. The van der Waals surface area contributed by atoms with Crippen LogP contribution in [-0.2, 0) is 0 Å². The molecular formula is C21H14N2. The molecule has 108 valence electrons. The largest absolute Gasteiger partial charge is 0.309 e. The standard InChI is InChI=1S/C21H14N2/c22-15-16-11-12-20-18(13-16)14-21(17-7-3-1-4-8-17)23(20)19-9-5-2-6-10-19/h1-14H. The van der Waals surface area contributed by atoms with Gasteiger partial charge in [-0.15, -0.1) is 0 Å². The molecule has 1 heterocycles. The highest BCUT2D eigenvalue weighted by molar-refractivity contribution is 5.90. The zero-order valence-electron chi connectivity index (χ0n) is 12.5. The van der Waals surface area contributed by atoms with Gasteiger partial charge in [0.1, 0.15) is 0 Å². The number of rotatable bonds is 2. The Kier molecular flexibility index (Phi) is 3.18. The second-order valence-electron chi connectivity index (χ2n) is 5.45. The number of para-hydroxylation sites is 1. The Hall–Kier alpha value is -3.31. The summed E-state index contributed by atoms with van der Waals surface area (Å²) in [6.45, 7) is 0. The summed E-state index contributed by atoms with van der Waals surface area (Å²) in [4.78, 5) is 0. The maximum atomic E-state index is 9.15. The Morgan fingerprint density at radius 2 is 1.43 bits per heavy atom. The highest BCUT2D eigenvalue weighted by atomic mass is 15.0. The zero-order chi connectivity index (χ0) is 15.6. The highest BCUT2D eigenvalue weighted by Gasteiger charge is 2.12. The maximum absolute atomic E-state index is 9.15. The van der Waals surface area contributed by atoms with E-state index in [4.69, 9.17) is 5.26 Å². The van der Waals surface area contributed by atoms with E-state index in [1.54, 1.807) is 0 Å². The molecule has 2 nitrogen and oxygen atoms in total. The Morgan fingerprint density at radius 1 is 0.739 bits per heavy atom. The topological polar surface area (TPSA) is 28.7 Å². The van der Waals surface area contributed by atoms with E-state index in [1.807, 2.05) is 54.6 Å². The van der Waals surface area contributed by atoms with Gasteiger partial charge in [-0.2, -0.15) is 5.26 Å². The third-order valence-electron chi connectivity index (χ3n) is 4.01. The molecule has 0 spiro atoms. The molecule has 0 aliphatic carbocycles. The van der Waals surface area contributed by atoms with E-state index in [-0.39, 0.29) is 0 Å². The number of nitriles is 1. The first kappa shape index (κ1) is 13.4. The van der Waals surface area contributed by atoms with Crippen molar-refractivity contribution >= 4 is 10.9 Å². The second-order valence-corrected chi connectivity index (χ2v) is 5.45. The smallest absolute Gasteiger partial charge is 0.0991 e. The summed E-state index contributed by atoms with van der Waals surface area (Å²) in [5.74, 6) is 0. The third-order valence-corrected chi connectivity index (χ3v) is 4.01. The van der Waals surface area contributed by atoms with Crippen LogP contribution in [0.2, 0.25) is 0 Å². The van der Waals surface area contributed by atoms with Crippen molar-refractivity contribution in [2.24, 2.45) is 0 Å². The molecule has 2 heteroatoms. The molecule has 0 aliphatic heterocycles. The van der Waals surface area contributed by atoms with Gasteiger partial charge in [-0.3, -0.25) is 0 Å². The lowest BCUT2D eigenvalue weighted by atomic mass is 10.1. The van der Waals surface area contributed by atoms with Crippen LogP contribution in [0, 0.1) is 11.3 Å². The lowest BCUT2D eigenvalue weighted by Gasteiger charge is -2.11. The number of hydrogen-bond donors (Lipinski definition) is 0. The fourth-order valence-corrected chi connectivity index (χ4v) is 2.96. The van der Waals surface area contributed by atoms with Gasteiger partial charge < -0.3 is 4.57 Å². The fraction of sp³-hybridized carbons (Fsp3) is 0. The van der Waals surface area contributed by atoms with Crippen LogP contribution >= 0.6 is 0 Å². The molecule has 0 atom stereocenters. The monoisotopic (exact) mass is 294 g/mol. The number of benzene rings is 3. The first-order chi connectivity index (χ1) is 11.4. The number of fused-ring (bicyclic) bond motifs is 1. The summed E-state index contributed by atoms with van der Waals surface area (Å²) >= 11 is 0. The van der Waals surface area contributed by atoms with Gasteiger partial charge in [0.15, 0.2) is 0 Å². The maximum Gasteiger partial charge on any atom is 0.0991 e. The average molecular weight is 294 g/mol. The summed E-state index contributed by atoms with van der Waals surface area (Å²) in [7, 11) is 0. The molecule has 0 radical (unpaired) electrons. The van der Waals surface area contributed by atoms with Crippen LogP contribution in [0.1, 0.15) is 5.56 Å². The highest BCUT2D eigenvalue weighted by Crippen LogP contribution is 2.31. The molecule has 0 saturated carbocycles. The number of aromatic nitrogens is 1. The second kappa shape index (κ2) is 5.47. The van der Waals surface area contributed by atoms with E-state index in [0.717, 1.165) is 27.8 Å². The van der Waals surface area contributed by atoms with Crippen LogP contribution < -0.4 is 0 Å². The molecule has 0 N–H and O–H groups in total. The molecule has 0 aliphatic rings. The van der Waals surface area contributed by atoms with Crippen molar-refractivity contribution in [3.05, 3.63) is 90.5 Å². The van der Waals surface area contributed by atoms with Gasteiger partial charge in [0.25, 0.3) is 0 Å². The predicted molar refractivity (Wildman–Crippen MR) is 93.4 cm³/mol. The van der Waals surface area contributed by atoms with E-state index in [2.05, 4.69) is 41.0 Å². The van der Waals surface area contributed by atoms with Gasteiger partial charge in [0, 0.05) is 11.1 Å². The minimum Gasteiger partial charge on any atom is -0.309 e. The number of hydrogen-bond acceptors (Lipinski definition) is 1. The van der Waals surface area contributed by atoms with Crippen LogP contribution in [0.4, 0.5) is 0 Å². The van der Waals surface area contributed by atoms with E-state index in [9.17, 15) is 0 Å². The normalized spacial score (nSPS) is 10.6. The molecule has 0 saturated heterocycles. The molecule has 3 aromatic carbocycles. The lowest BCUT2D eigenvalue weighted by molar-refractivity contribution is 1.13. The van der Waals surface area contributed by atoms with Crippen molar-refractivity contribution in [1.82, 2.24) is 4.57 Å². The van der Waals surface area contributed by atoms with E-state index in [1.165, 1.54) is 0 Å². The van der Waals surface area contributed by atoms with Crippen molar-refractivity contribution in [2.45, 2.75) is 0 Å². The SMILES string of the molecule is N#Cc1ccc2c(c1)cc(-c1ccccc1)n2-c1ccccc1. The molecule has 0 fully saturated rings. The third kappa shape index (κ3) is 2.29. The molecule has 0 amide bonds. The van der Waals surface area contributed by atoms with Crippen LogP contribution in [0.5, 0.6) is 0 Å². The first-order valence-electron chi connectivity index (χ1n) is 7.53. The van der Waals surface area contributed by atoms with E-state index in [0.29, 0.717) is 5.56 Å². The molecule has 0 unspecified atom stereocenters. The van der Waals surface area contributed by atoms with Crippen LogP contribution in [0.3, 0.4) is 0 Å². The van der Waals surface area contributed by atoms with Crippen molar-refractivity contribution in [3.8, 4) is 23.0 Å². The predicted octanol–water partition coefficient (Wildman–Crippen LogP) is 5.17. The van der Waals surface area contributed by atoms with E-state index >= 15 is 0 Å². The van der Waals surface area contributed by atoms with Crippen LogP contribution in [-0.4, -0.2) is 4.57 Å².